The highest BCUT2D eigenvalue weighted by atomic mass is 127. The van der Waals surface area contributed by atoms with E-state index in [2.05, 4.69) is 10.3 Å². The fourth-order valence-electron chi connectivity index (χ4n) is 2.17. The van der Waals surface area contributed by atoms with Crippen LogP contribution in [0.25, 0.3) is 0 Å². The topological polar surface area (TPSA) is 79.9 Å². The molecular formula is C15H24IN3O2. The molecule has 0 heterocycles. The summed E-state index contributed by atoms with van der Waals surface area (Å²) < 4.78 is 5.08. The lowest BCUT2D eigenvalue weighted by molar-refractivity contribution is 0.326. The molecule has 2 rings (SSSR count). The van der Waals surface area contributed by atoms with E-state index in [1.165, 1.54) is 19.3 Å². The first-order chi connectivity index (χ1) is 9.69. The summed E-state index contributed by atoms with van der Waals surface area (Å²) in [6.45, 7) is 1.56. The molecule has 0 aliphatic heterocycles. The second-order valence-electron chi connectivity index (χ2n) is 5.21. The molecule has 1 saturated carbocycles. The molecule has 1 aromatic carbocycles. The van der Waals surface area contributed by atoms with Gasteiger partial charge in [-0.15, -0.1) is 24.0 Å². The summed E-state index contributed by atoms with van der Waals surface area (Å²) in [7, 11) is 1.54. The maximum absolute atomic E-state index is 9.52. The first-order valence-corrected chi connectivity index (χ1v) is 7.08. The SMILES string of the molecule is COc1cc(CCNC(N)=NCC2CCC2)ccc1O.I. The zero-order valence-corrected chi connectivity index (χ0v) is 14.7. The summed E-state index contributed by atoms with van der Waals surface area (Å²) in [6.07, 6.45) is 4.70. The molecule has 1 fully saturated rings. The quantitative estimate of drug-likeness (QED) is 0.386. The number of phenols is 1. The van der Waals surface area contributed by atoms with E-state index in [-0.39, 0.29) is 29.7 Å². The Morgan fingerprint density at radius 3 is 2.86 bits per heavy atom. The molecule has 0 saturated heterocycles. The molecule has 1 aliphatic carbocycles. The van der Waals surface area contributed by atoms with Crippen molar-refractivity contribution in [3.8, 4) is 11.5 Å². The van der Waals surface area contributed by atoms with Crippen LogP contribution in [0.5, 0.6) is 11.5 Å². The van der Waals surface area contributed by atoms with Crippen LogP contribution in [-0.4, -0.2) is 31.3 Å². The van der Waals surface area contributed by atoms with Gasteiger partial charge in [0.1, 0.15) is 0 Å². The Morgan fingerprint density at radius 2 is 2.24 bits per heavy atom. The molecule has 1 aliphatic rings. The zero-order chi connectivity index (χ0) is 14.4. The maximum Gasteiger partial charge on any atom is 0.188 e. The monoisotopic (exact) mass is 405 g/mol. The van der Waals surface area contributed by atoms with Crippen LogP contribution in [0.15, 0.2) is 23.2 Å². The Kier molecular flexibility index (Phi) is 7.63. The van der Waals surface area contributed by atoms with E-state index in [0.29, 0.717) is 18.3 Å². The number of nitrogens with zero attached hydrogens (tertiary/aromatic N) is 1. The Labute approximate surface area is 143 Å². The molecule has 0 aromatic heterocycles. The number of hydrogen-bond acceptors (Lipinski definition) is 3. The summed E-state index contributed by atoms with van der Waals surface area (Å²) in [6, 6.07) is 5.35. The van der Waals surface area contributed by atoms with Crippen molar-refractivity contribution in [1.82, 2.24) is 5.32 Å². The van der Waals surface area contributed by atoms with Crippen LogP contribution in [-0.2, 0) is 6.42 Å². The highest BCUT2D eigenvalue weighted by Gasteiger charge is 2.16. The fourth-order valence-corrected chi connectivity index (χ4v) is 2.17. The zero-order valence-electron chi connectivity index (χ0n) is 12.3. The van der Waals surface area contributed by atoms with E-state index in [0.717, 1.165) is 24.4 Å². The van der Waals surface area contributed by atoms with Crippen LogP contribution >= 0.6 is 24.0 Å². The predicted octanol–water partition coefficient (Wildman–Crippen LogP) is 2.27. The van der Waals surface area contributed by atoms with Gasteiger partial charge in [0.25, 0.3) is 0 Å². The van der Waals surface area contributed by atoms with E-state index >= 15 is 0 Å². The van der Waals surface area contributed by atoms with E-state index in [4.69, 9.17) is 10.5 Å². The smallest absolute Gasteiger partial charge is 0.188 e. The molecule has 1 aromatic rings. The molecule has 4 N–H and O–H groups in total. The van der Waals surface area contributed by atoms with E-state index in [9.17, 15) is 5.11 Å². The lowest BCUT2D eigenvalue weighted by Crippen LogP contribution is -2.34. The number of nitrogens with one attached hydrogen (secondary N) is 1. The number of halogens is 1. The average molecular weight is 405 g/mol. The fraction of sp³-hybridized carbons (Fsp3) is 0.533. The van der Waals surface area contributed by atoms with Crippen LogP contribution in [0.1, 0.15) is 24.8 Å². The van der Waals surface area contributed by atoms with Crippen molar-refractivity contribution in [2.45, 2.75) is 25.7 Å². The largest absolute Gasteiger partial charge is 0.504 e. The maximum atomic E-state index is 9.52. The number of benzene rings is 1. The second-order valence-corrected chi connectivity index (χ2v) is 5.21. The molecule has 21 heavy (non-hydrogen) atoms. The van der Waals surface area contributed by atoms with Gasteiger partial charge in [0, 0.05) is 13.1 Å². The molecule has 0 bridgehead atoms. The standard InChI is InChI=1S/C15H23N3O2.HI/c1-20-14-9-11(5-6-13(14)19)7-8-17-15(16)18-10-12-3-2-4-12;/h5-6,9,12,19H,2-4,7-8,10H2,1H3,(H3,16,17,18);1H. The number of aliphatic imine (C=N–C) groups is 1. The van der Waals surface area contributed by atoms with Crippen molar-refractivity contribution in [3.05, 3.63) is 23.8 Å². The summed E-state index contributed by atoms with van der Waals surface area (Å²) in [5.41, 5.74) is 6.90. The Hall–Kier alpha value is -1.18. The van der Waals surface area contributed by atoms with Gasteiger partial charge in [-0.3, -0.25) is 4.99 Å². The third kappa shape index (κ3) is 5.61. The number of hydrogen-bond donors (Lipinski definition) is 3. The van der Waals surface area contributed by atoms with Crippen molar-refractivity contribution in [1.29, 1.82) is 0 Å². The van der Waals surface area contributed by atoms with E-state index in [1.807, 2.05) is 12.1 Å². The molecule has 0 atom stereocenters. The first-order valence-electron chi connectivity index (χ1n) is 7.08. The number of aromatic hydroxyl groups is 1. The first kappa shape index (κ1) is 17.9. The average Bonchev–Trinajstić information content (AvgIpc) is 2.39. The molecule has 0 unspecified atom stereocenters. The van der Waals surface area contributed by atoms with Crippen LogP contribution in [0, 0.1) is 5.92 Å². The third-order valence-corrected chi connectivity index (χ3v) is 3.71. The van der Waals surface area contributed by atoms with Crippen LogP contribution < -0.4 is 15.8 Å². The Balaban J connectivity index is 0.00000220. The lowest BCUT2D eigenvalue weighted by Gasteiger charge is -2.23. The van der Waals surface area contributed by atoms with Gasteiger partial charge in [-0.2, -0.15) is 0 Å². The number of rotatable bonds is 6. The van der Waals surface area contributed by atoms with Gasteiger partial charge in [0.2, 0.25) is 0 Å². The molecule has 0 radical (unpaired) electrons. The number of nitrogens with two attached hydrogens (primary N) is 1. The van der Waals surface area contributed by atoms with Gasteiger partial charge in [0.05, 0.1) is 7.11 Å². The van der Waals surface area contributed by atoms with Crippen molar-refractivity contribution in [3.63, 3.8) is 0 Å². The van der Waals surface area contributed by atoms with Gasteiger partial charge in [-0.1, -0.05) is 12.5 Å². The van der Waals surface area contributed by atoms with E-state index < -0.39 is 0 Å². The number of methoxy groups -OCH3 is 1. The summed E-state index contributed by atoms with van der Waals surface area (Å²) in [5.74, 6) is 1.90. The highest BCUT2D eigenvalue weighted by molar-refractivity contribution is 14.0. The predicted molar refractivity (Wildman–Crippen MR) is 95.6 cm³/mol. The number of ether oxygens (including phenoxy) is 1. The van der Waals surface area contributed by atoms with Crippen LogP contribution in [0.3, 0.4) is 0 Å². The number of guanidine groups is 1. The van der Waals surface area contributed by atoms with Gasteiger partial charge in [0.15, 0.2) is 17.5 Å². The summed E-state index contributed by atoms with van der Waals surface area (Å²) in [5, 5.41) is 12.6. The minimum atomic E-state index is 0. The lowest BCUT2D eigenvalue weighted by atomic mass is 9.86. The normalized spacial score (nSPS) is 15.0. The van der Waals surface area contributed by atoms with Crippen molar-refractivity contribution >= 4 is 29.9 Å². The number of phenolic OH excluding ortho intramolecular Hbond substituents is 1. The van der Waals surface area contributed by atoms with E-state index in [1.54, 1.807) is 13.2 Å². The third-order valence-electron chi connectivity index (χ3n) is 3.71. The summed E-state index contributed by atoms with van der Waals surface area (Å²) in [4.78, 5) is 4.34. The Morgan fingerprint density at radius 1 is 1.48 bits per heavy atom. The molecule has 0 spiro atoms. The Bertz CT molecular complexity index is 476. The van der Waals surface area contributed by atoms with Crippen LogP contribution in [0.2, 0.25) is 0 Å². The molecule has 5 nitrogen and oxygen atoms in total. The summed E-state index contributed by atoms with van der Waals surface area (Å²) >= 11 is 0. The highest BCUT2D eigenvalue weighted by Crippen LogP contribution is 2.26. The molecule has 0 amide bonds. The van der Waals surface area contributed by atoms with Gasteiger partial charge < -0.3 is 20.9 Å². The second kappa shape index (κ2) is 8.96. The van der Waals surface area contributed by atoms with Crippen molar-refractivity contribution in [2.24, 2.45) is 16.6 Å². The van der Waals surface area contributed by atoms with Crippen molar-refractivity contribution < 1.29 is 9.84 Å². The molecule has 6 heteroatoms. The van der Waals surface area contributed by atoms with Gasteiger partial charge >= 0.3 is 0 Å². The van der Waals surface area contributed by atoms with Crippen molar-refractivity contribution in [2.75, 3.05) is 20.2 Å². The van der Waals surface area contributed by atoms with Gasteiger partial charge in [-0.25, -0.2) is 0 Å². The molecular weight excluding hydrogens is 381 g/mol. The van der Waals surface area contributed by atoms with Crippen LogP contribution in [0.4, 0.5) is 0 Å². The van der Waals surface area contributed by atoms with Gasteiger partial charge in [-0.05, 0) is 42.9 Å². The minimum Gasteiger partial charge on any atom is -0.504 e. The molecule has 118 valence electrons. The minimum absolute atomic E-state index is 0.